The van der Waals surface area contributed by atoms with Crippen molar-refractivity contribution in [2.75, 3.05) is 0 Å². The second kappa shape index (κ2) is 7.47. The Balaban J connectivity index is 0.000000561. The minimum Gasteiger partial charge on any atom is -0.320 e. The van der Waals surface area contributed by atoms with Crippen LogP contribution in [0.2, 0.25) is 0 Å². The number of ether oxygens (including phenoxy) is 1. The van der Waals surface area contributed by atoms with E-state index in [1.54, 1.807) is 0 Å². The van der Waals surface area contributed by atoms with E-state index in [0.29, 0.717) is 0 Å². The molecule has 12 heavy (non-hydrogen) atoms. The summed E-state index contributed by atoms with van der Waals surface area (Å²) in [5.41, 5.74) is 0. The number of hydrogen-bond acceptors (Lipinski definition) is 1. The van der Waals surface area contributed by atoms with Crippen molar-refractivity contribution in [1.29, 1.82) is 0 Å². The van der Waals surface area contributed by atoms with Crippen LogP contribution in [-0.4, -0.2) is 12.7 Å². The summed E-state index contributed by atoms with van der Waals surface area (Å²) in [5, 5.41) is 0. The molecule has 1 rings (SSSR count). The van der Waals surface area contributed by atoms with E-state index in [1.165, 1.54) is 6.42 Å². The van der Waals surface area contributed by atoms with Crippen molar-refractivity contribution in [2.24, 2.45) is 0 Å². The van der Waals surface area contributed by atoms with Gasteiger partial charge in [-0.15, -0.1) is 0 Å². The van der Waals surface area contributed by atoms with Crippen molar-refractivity contribution < 1.29 is 13.5 Å². The smallest absolute Gasteiger partial charge is 0.320 e. The fourth-order valence-electron chi connectivity index (χ4n) is 1.35. The summed E-state index contributed by atoms with van der Waals surface area (Å²) in [7, 11) is 0. The van der Waals surface area contributed by atoms with Crippen molar-refractivity contribution >= 4 is 0 Å². The molecule has 0 aliphatic heterocycles. The Labute approximate surface area is 73.1 Å². The molecule has 1 fully saturated rings. The van der Waals surface area contributed by atoms with Gasteiger partial charge in [0.1, 0.15) is 0 Å². The minimum absolute atomic E-state index is 0.172. The van der Waals surface area contributed by atoms with Crippen LogP contribution in [0.15, 0.2) is 0 Å². The van der Waals surface area contributed by atoms with Crippen molar-refractivity contribution in [1.82, 2.24) is 0 Å². The standard InChI is InChI=1S/C7H12F2O.C2H6/c8-7(9)10-6-4-2-1-3-5-6;1-2/h6-7H,1-5H2;1-2H3. The molecule has 0 radical (unpaired) electrons. The first-order valence-electron chi connectivity index (χ1n) is 4.72. The Morgan fingerprint density at radius 1 is 1.08 bits per heavy atom. The predicted octanol–water partition coefficient (Wildman–Crippen LogP) is 3.58. The van der Waals surface area contributed by atoms with E-state index in [0.717, 1.165) is 25.7 Å². The Morgan fingerprint density at radius 2 is 1.58 bits per heavy atom. The van der Waals surface area contributed by atoms with E-state index in [-0.39, 0.29) is 6.10 Å². The normalized spacial score (nSPS) is 18.8. The molecule has 0 N–H and O–H groups in total. The molecule has 1 saturated carbocycles. The maximum atomic E-state index is 11.6. The lowest BCUT2D eigenvalue weighted by molar-refractivity contribution is -0.169. The Hall–Kier alpha value is -0.180. The Bertz CT molecular complexity index is 90.5. The molecular weight excluding hydrogens is 162 g/mol. The Morgan fingerprint density at radius 3 is 2.00 bits per heavy atom. The summed E-state index contributed by atoms with van der Waals surface area (Å²) in [6.07, 6.45) is 4.70. The van der Waals surface area contributed by atoms with E-state index >= 15 is 0 Å². The molecule has 0 aromatic carbocycles. The highest BCUT2D eigenvalue weighted by molar-refractivity contribution is 4.64. The summed E-state index contributed by atoms with van der Waals surface area (Å²) < 4.78 is 27.6. The summed E-state index contributed by atoms with van der Waals surface area (Å²) in [6, 6.07) is 0. The lowest BCUT2D eigenvalue weighted by Gasteiger charge is -2.20. The molecule has 1 aliphatic carbocycles. The summed E-state index contributed by atoms with van der Waals surface area (Å²) in [6.45, 7) is 1.42. The van der Waals surface area contributed by atoms with Crippen LogP contribution in [0.5, 0.6) is 0 Å². The third kappa shape index (κ3) is 5.47. The van der Waals surface area contributed by atoms with Gasteiger partial charge >= 0.3 is 6.61 Å². The van der Waals surface area contributed by atoms with Gasteiger partial charge in [0.2, 0.25) is 0 Å². The third-order valence-corrected chi connectivity index (χ3v) is 1.85. The second-order valence-electron chi connectivity index (χ2n) is 2.66. The van der Waals surface area contributed by atoms with E-state index in [4.69, 9.17) is 0 Å². The number of hydrogen-bond donors (Lipinski definition) is 0. The molecule has 1 aliphatic rings. The van der Waals surface area contributed by atoms with E-state index in [1.807, 2.05) is 13.8 Å². The van der Waals surface area contributed by atoms with Gasteiger partial charge in [-0.05, 0) is 12.8 Å². The molecular formula is C9H18F2O. The first-order chi connectivity index (χ1) is 5.79. The minimum atomic E-state index is -2.58. The second-order valence-corrected chi connectivity index (χ2v) is 2.66. The summed E-state index contributed by atoms with van der Waals surface area (Å²) >= 11 is 0. The number of halogens is 2. The van der Waals surface area contributed by atoms with Crippen molar-refractivity contribution in [3.05, 3.63) is 0 Å². The summed E-state index contributed by atoms with van der Waals surface area (Å²) in [5.74, 6) is 0. The quantitative estimate of drug-likeness (QED) is 0.631. The number of alkyl halides is 2. The van der Waals surface area contributed by atoms with Crippen LogP contribution in [0.1, 0.15) is 46.0 Å². The lowest BCUT2D eigenvalue weighted by Crippen LogP contribution is -2.19. The molecule has 0 aromatic rings. The predicted molar refractivity (Wildman–Crippen MR) is 45.3 cm³/mol. The molecule has 0 bridgehead atoms. The highest BCUT2D eigenvalue weighted by Crippen LogP contribution is 2.21. The average molecular weight is 180 g/mol. The van der Waals surface area contributed by atoms with Crippen LogP contribution in [0.3, 0.4) is 0 Å². The zero-order valence-corrected chi connectivity index (χ0v) is 7.85. The van der Waals surface area contributed by atoms with E-state index in [2.05, 4.69) is 4.74 Å². The van der Waals surface area contributed by atoms with E-state index in [9.17, 15) is 8.78 Å². The molecule has 0 amide bonds. The van der Waals surface area contributed by atoms with Crippen molar-refractivity contribution in [3.8, 4) is 0 Å². The van der Waals surface area contributed by atoms with Gasteiger partial charge in [0.15, 0.2) is 0 Å². The molecule has 0 aromatic heterocycles. The van der Waals surface area contributed by atoms with Crippen LogP contribution in [0.4, 0.5) is 8.78 Å². The molecule has 1 nitrogen and oxygen atoms in total. The van der Waals surface area contributed by atoms with Crippen molar-refractivity contribution in [2.45, 2.75) is 58.7 Å². The van der Waals surface area contributed by atoms with Gasteiger partial charge in [-0.3, -0.25) is 0 Å². The molecule has 0 atom stereocenters. The zero-order chi connectivity index (χ0) is 9.40. The largest absolute Gasteiger partial charge is 0.345 e. The molecule has 0 spiro atoms. The van der Waals surface area contributed by atoms with Crippen molar-refractivity contribution in [3.63, 3.8) is 0 Å². The Kier molecular flexibility index (Phi) is 7.36. The maximum Gasteiger partial charge on any atom is 0.345 e. The zero-order valence-electron chi connectivity index (χ0n) is 7.85. The average Bonchev–Trinajstić information content (AvgIpc) is 2.08. The SMILES string of the molecule is CC.FC(F)OC1CCCCC1. The first kappa shape index (κ1) is 11.8. The van der Waals surface area contributed by atoms with Crippen LogP contribution < -0.4 is 0 Å². The first-order valence-corrected chi connectivity index (χ1v) is 4.72. The van der Waals surface area contributed by atoms with Gasteiger partial charge in [0.25, 0.3) is 0 Å². The molecule has 0 saturated heterocycles. The molecule has 74 valence electrons. The molecule has 0 unspecified atom stereocenters. The van der Waals surface area contributed by atoms with Crippen LogP contribution >= 0.6 is 0 Å². The van der Waals surface area contributed by atoms with Gasteiger partial charge in [-0.2, -0.15) is 8.78 Å². The molecule has 0 heterocycles. The number of rotatable bonds is 2. The fraction of sp³-hybridized carbons (Fsp3) is 1.00. The fourth-order valence-corrected chi connectivity index (χ4v) is 1.35. The molecule has 3 heteroatoms. The summed E-state index contributed by atoms with van der Waals surface area (Å²) in [4.78, 5) is 0. The van der Waals surface area contributed by atoms with Gasteiger partial charge in [0, 0.05) is 0 Å². The van der Waals surface area contributed by atoms with E-state index < -0.39 is 6.61 Å². The topological polar surface area (TPSA) is 9.23 Å². The highest BCUT2D eigenvalue weighted by Gasteiger charge is 2.17. The van der Waals surface area contributed by atoms with Gasteiger partial charge in [0.05, 0.1) is 6.10 Å². The van der Waals surface area contributed by atoms with Gasteiger partial charge < -0.3 is 4.74 Å². The van der Waals surface area contributed by atoms with Gasteiger partial charge in [-0.25, -0.2) is 0 Å². The monoisotopic (exact) mass is 180 g/mol. The van der Waals surface area contributed by atoms with Crippen LogP contribution in [-0.2, 0) is 4.74 Å². The maximum absolute atomic E-state index is 11.6. The lowest BCUT2D eigenvalue weighted by atomic mass is 9.98. The van der Waals surface area contributed by atoms with Crippen LogP contribution in [0.25, 0.3) is 0 Å². The van der Waals surface area contributed by atoms with Gasteiger partial charge in [-0.1, -0.05) is 33.1 Å². The highest BCUT2D eigenvalue weighted by atomic mass is 19.3. The van der Waals surface area contributed by atoms with Crippen LogP contribution in [0, 0.1) is 0 Å². The third-order valence-electron chi connectivity index (χ3n) is 1.85.